The number of hydrogen-bond donors (Lipinski definition) is 0. The van der Waals surface area contributed by atoms with E-state index < -0.39 is 23.8 Å². The fraction of sp³-hybridized carbons (Fsp3) is 0.786. The van der Waals surface area contributed by atoms with Crippen molar-refractivity contribution in [3.63, 3.8) is 0 Å². The largest absolute Gasteiger partial charge is 0.462 e. The van der Waals surface area contributed by atoms with Gasteiger partial charge in [-0.15, -0.1) is 0 Å². The molecule has 3 aliphatic rings. The Bertz CT molecular complexity index is 452. The number of Topliss-reactive ketones (excluding diaryl/α,β-unsaturated/α-hetero) is 1. The van der Waals surface area contributed by atoms with Crippen LogP contribution in [0.3, 0.4) is 0 Å². The third-order valence-electron chi connectivity index (χ3n) is 4.14. The molecule has 0 bridgehead atoms. The Morgan fingerprint density at radius 2 is 1.71 bits per heavy atom. The predicted molar refractivity (Wildman–Crippen MR) is 67.1 cm³/mol. The van der Waals surface area contributed by atoms with Gasteiger partial charge in [0.05, 0.1) is 19.1 Å². The van der Waals surface area contributed by atoms with Crippen molar-refractivity contribution in [2.75, 3.05) is 19.8 Å². The molecule has 0 radical (unpaired) electrons. The van der Waals surface area contributed by atoms with Gasteiger partial charge in [0.15, 0.2) is 0 Å². The number of ketones is 1. The molecule has 0 N–H and O–H groups in total. The molecule has 0 unspecified atom stereocenters. The molecule has 7 nitrogen and oxygen atoms in total. The van der Waals surface area contributed by atoms with Crippen LogP contribution in [0, 0.1) is 5.92 Å². The Balaban J connectivity index is 1.79. The van der Waals surface area contributed by atoms with Crippen LogP contribution >= 0.6 is 0 Å². The van der Waals surface area contributed by atoms with Crippen molar-refractivity contribution in [3.05, 3.63) is 0 Å². The first-order chi connectivity index (χ1) is 10.1. The van der Waals surface area contributed by atoms with Crippen LogP contribution in [0.1, 0.15) is 32.1 Å². The van der Waals surface area contributed by atoms with E-state index in [1.165, 1.54) is 0 Å². The zero-order chi connectivity index (χ0) is 14.9. The molecule has 3 heterocycles. The van der Waals surface area contributed by atoms with Crippen molar-refractivity contribution in [1.82, 2.24) is 0 Å². The molecular weight excluding hydrogens is 280 g/mol. The summed E-state index contributed by atoms with van der Waals surface area (Å²) >= 11 is 0. The fourth-order valence-electron chi connectivity index (χ4n) is 2.98. The monoisotopic (exact) mass is 298 g/mol. The molecule has 1 spiro atoms. The highest BCUT2D eigenvalue weighted by Crippen LogP contribution is 2.37. The Labute approximate surface area is 121 Å². The van der Waals surface area contributed by atoms with Gasteiger partial charge < -0.3 is 18.9 Å². The molecule has 0 aromatic carbocycles. The van der Waals surface area contributed by atoms with Gasteiger partial charge in [-0.2, -0.15) is 0 Å². The normalized spacial score (nSPS) is 33.2. The molecule has 116 valence electrons. The Kier molecular flexibility index (Phi) is 3.95. The van der Waals surface area contributed by atoms with Crippen LogP contribution in [-0.2, 0) is 33.3 Å². The summed E-state index contributed by atoms with van der Waals surface area (Å²) in [6, 6.07) is 0. The van der Waals surface area contributed by atoms with Gasteiger partial charge in [0.1, 0.15) is 18.5 Å². The maximum absolute atomic E-state index is 12.4. The minimum Gasteiger partial charge on any atom is -0.462 e. The van der Waals surface area contributed by atoms with Gasteiger partial charge in [0.25, 0.3) is 5.79 Å². The summed E-state index contributed by atoms with van der Waals surface area (Å²) in [7, 11) is 0. The lowest BCUT2D eigenvalue weighted by molar-refractivity contribution is -0.240. The first-order valence-electron chi connectivity index (χ1n) is 7.28. The SMILES string of the molecule is O=C1CCCCC(=O)[C@H]2CC3(OCCO3)C(=O)O[C@@H]2CO1. The number of rotatable bonds is 0. The highest BCUT2D eigenvalue weighted by Gasteiger charge is 2.55. The first-order valence-corrected chi connectivity index (χ1v) is 7.28. The van der Waals surface area contributed by atoms with Gasteiger partial charge in [-0.05, 0) is 12.8 Å². The minimum atomic E-state index is -1.45. The molecule has 3 aliphatic heterocycles. The zero-order valence-electron chi connectivity index (χ0n) is 11.7. The number of carbonyl (C=O) groups is 3. The third kappa shape index (κ3) is 2.80. The third-order valence-corrected chi connectivity index (χ3v) is 4.14. The maximum atomic E-state index is 12.4. The summed E-state index contributed by atoms with van der Waals surface area (Å²) in [5, 5.41) is 0. The van der Waals surface area contributed by atoms with Gasteiger partial charge in [-0.3, -0.25) is 9.59 Å². The first kappa shape index (κ1) is 14.5. The van der Waals surface area contributed by atoms with Gasteiger partial charge in [-0.25, -0.2) is 4.79 Å². The van der Waals surface area contributed by atoms with E-state index in [1.807, 2.05) is 0 Å². The van der Waals surface area contributed by atoms with E-state index in [9.17, 15) is 14.4 Å². The lowest BCUT2D eigenvalue weighted by atomic mass is 9.85. The lowest BCUT2D eigenvalue weighted by Crippen LogP contribution is -2.55. The minimum absolute atomic E-state index is 0.00363. The summed E-state index contributed by atoms with van der Waals surface area (Å²) in [5.41, 5.74) is 0. The second-order valence-corrected chi connectivity index (χ2v) is 5.56. The van der Waals surface area contributed by atoms with Crippen LogP contribution in [0.2, 0.25) is 0 Å². The van der Waals surface area contributed by atoms with E-state index >= 15 is 0 Å². The van der Waals surface area contributed by atoms with Crippen LogP contribution in [0.4, 0.5) is 0 Å². The van der Waals surface area contributed by atoms with Gasteiger partial charge >= 0.3 is 11.9 Å². The van der Waals surface area contributed by atoms with Crippen LogP contribution in [0.5, 0.6) is 0 Å². The van der Waals surface area contributed by atoms with Crippen LogP contribution in [0.25, 0.3) is 0 Å². The standard InChI is InChI=1S/C14H18O7/c15-10-3-1-2-4-12(16)18-8-11-9(10)7-14(13(17)21-11)19-5-6-20-14/h9,11H,1-8H2/t9-,11-/m1/s1. The predicted octanol–water partition coefficient (Wildman–Crippen LogP) is 0.347. The summed E-state index contributed by atoms with van der Waals surface area (Å²) in [5.74, 6) is -2.96. The molecule has 0 saturated carbocycles. The lowest BCUT2D eigenvalue weighted by Gasteiger charge is -2.38. The highest BCUT2D eigenvalue weighted by atomic mass is 16.8. The van der Waals surface area contributed by atoms with E-state index in [2.05, 4.69) is 0 Å². The molecule has 3 saturated heterocycles. The zero-order valence-corrected chi connectivity index (χ0v) is 11.7. The van der Waals surface area contributed by atoms with Crippen molar-refractivity contribution in [3.8, 4) is 0 Å². The van der Waals surface area contributed by atoms with Crippen LogP contribution in [-0.4, -0.2) is 49.4 Å². The summed E-state index contributed by atoms with van der Waals surface area (Å²) in [6.45, 7) is 0.516. The Morgan fingerprint density at radius 3 is 2.48 bits per heavy atom. The van der Waals surface area contributed by atoms with Crippen molar-refractivity contribution < 1.29 is 33.3 Å². The fourth-order valence-corrected chi connectivity index (χ4v) is 2.98. The molecular formula is C14H18O7. The van der Waals surface area contributed by atoms with Crippen molar-refractivity contribution in [1.29, 1.82) is 0 Å². The molecule has 3 fully saturated rings. The summed E-state index contributed by atoms with van der Waals surface area (Å²) in [6.07, 6.45) is 1.29. The molecule has 3 rings (SSSR count). The smallest absolute Gasteiger partial charge is 0.367 e. The van der Waals surface area contributed by atoms with Crippen molar-refractivity contribution in [2.45, 2.75) is 44.0 Å². The molecule has 0 aliphatic carbocycles. The van der Waals surface area contributed by atoms with E-state index in [0.29, 0.717) is 32.5 Å². The highest BCUT2D eigenvalue weighted by molar-refractivity contribution is 5.86. The molecule has 21 heavy (non-hydrogen) atoms. The summed E-state index contributed by atoms with van der Waals surface area (Å²) < 4.78 is 21.1. The topological polar surface area (TPSA) is 88.1 Å². The van der Waals surface area contributed by atoms with Crippen LogP contribution < -0.4 is 0 Å². The quantitative estimate of drug-likeness (QED) is 0.596. The Morgan fingerprint density at radius 1 is 1.00 bits per heavy atom. The van der Waals surface area contributed by atoms with Gasteiger partial charge in [0.2, 0.25) is 0 Å². The molecule has 0 amide bonds. The molecule has 7 heteroatoms. The number of hydrogen-bond acceptors (Lipinski definition) is 7. The molecule has 0 aromatic heterocycles. The average Bonchev–Trinajstić information content (AvgIpc) is 2.93. The van der Waals surface area contributed by atoms with Crippen LogP contribution in [0.15, 0.2) is 0 Å². The molecule has 0 aromatic rings. The number of ether oxygens (including phenoxy) is 4. The van der Waals surface area contributed by atoms with E-state index in [-0.39, 0.29) is 31.2 Å². The Hall–Kier alpha value is -1.47. The van der Waals surface area contributed by atoms with Gasteiger partial charge in [-0.1, -0.05) is 0 Å². The van der Waals surface area contributed by atoms with Crippen molar-refractivity contribution >= 4 is 17.7 Å². The summed E-state index contributed by atoms with van der Waals surface area (Å²) in [4.78, 5) is 35.9. The molecule has 2 atom stereocenters. The van der Waals surface area contributed by atoms with Gasteiger partial charge in [0, 0.05) is 19.3 Å². The average molecular weight is 298 g/mol. The number of cyclic esters (lactones) is 1. The second kappa shape index (κ2) is 5.73. The van der Waals surface area contributed by atoms with Crippen molar-refractivity contribution in [2.24, 2.45) is 5.92 Å². The second-order valence-electron chi connectivity index (χ2n) is 5.56. The number of carbonyl (C=O) groups excluding carboxylic acids is 3. The van der Waals surface area contributed by atoms with E-state index in [0.717, 1.165) is 0 Å². The number of fused-ring (bicyclic) bond motifs is 1. The maximum Gasteiger partial charge on any atom is 0.367 e. The van der Waals surface area contributed by atoms with E-state index in [1.54, 1.807) is 0 Å². The number of esters is 2. The van der Waals surface area contributed by atoms with E-state index in [4.69, 9.17) is 18.9 Å².